The highest BCUT2D eigenvalue weighted by Gasteiger charge is 2.39. The van der Waals surface area contributed by atoms with E-state index >= 15 is 0 Å². The van der Waals surface area contributed by atoms with Gasteiger partial charge in [-0.15, -0.1) is 0 Å². The van der Waals surface area contributed by atoms with Crippen LogP contribution in [0.3, 0.4) is 0 Å². The number of nitrogens with zero attached hydrogens (tertiary/aromatic N) is 1. The minimum atomic E-state index is -2.95. The first-order chi connectivity index (χ1) is 15.2. The van der Waals surface area contributed by atoms with Crippen molar-refractivity contribution in [2.45, 2.75) is 51.1 Å². The molecule has 32 heavy (non-hydrogen) atoms. The van der Waals surface area contributed by atoms with Gasteiger partial charge in [-0.2, -0.15) is 5.26 Å². The summed E-state index contributed by atoms with van der Waals surface area (Å²) in [6.07, 6.45) is 2.11. The lowest BCUT2D eigenvalue weighted by atomic mass is 9.85. The normalized spacial score (nSPS) is 17.7. The lowest BCUT2D eigenvalue weighted by Crippen LogP contribution is -2.43. The van der Waals surface area contributed by atoms with E-state index in [1.165, 1.54) is 0 Å². The third-order valence-corrected chi connectivity index (χ3v) is 7.80. The molecule has 0 radical (unpaired) electrons. The van der Waals surface area contributed by atoms with E-state index in [1.54, 1.807) is 24.3 Å². The number of carboxylic acid groups (broad SMARTS) is 1. The van der Waals surface area contributed by atoms with Gasteiger partial charge >= 0.3 is 5.97 Å². The van der Waals surface area contributed by atoms with E-state index in [2.05, 4.69) is 16.7 Å². The van der Waals surface area contributed by atoms with Gasteiger partial charge in [0.25, 0.3) is 0 Å². The third-order valence-electron chi connectivity index (χ3n) is 6.09. The summed E-state index contributed by atoms with van der Waals surface area (Å²) in [7, 11) is -2.95. The minimum Gasteiger partial charge on any atom is -0.479 e. The Balaban J connectivity index is 1.96. The maximum Gasteiger partial charge on any atom is 0.334 e. The molecule has 7 nitrogen and oxygen atoms in total. The number of hydrogen-bond donors (Lipinski definition) is 3. The number of hydrogen-bond acceptors (Lipinski definition) is 6. The number of benzene rings is 2. The van der Waals surface area contributed by atoms with Gasteiger partial charge in [-0.05, 0) is 73.2 Å². The number of aryl methyl sites for hydroxylation is 1. The maximum atomic E-state index is 12.6. The van der Waals surface area contributed by atoms with E-state index in [0.717, 1.165) is 17.7 Å². The van der Waals surface area contributed by atoms with Crippen LogP contribution in [0, 0.1) is 11.3 Å². The Labute approximate surface area is 189 Å². The molecule has 170 valence electrons. The molecule has 0 aliphatic carbocycles. The molecule has 0 amide bonds. The Kier molecular flexibility index (Phi) is 7.09. The molecule has 1 unspecified atom stereocenters. The van der Waals surface area contributed by atoms with E-state index < -0.39 is 21.3 Å². The zero-order chi connectivity index (χ0) is 23.4. The van der Waals surface area contributed by atoms with Crippen molar-refractivity contribution in [1.29, 1.82) is 5.26 Å². The smallest absolute Gasteiger partial charge is 0.334 e. The number of anilines is 2. The van der Waals surface area contributed by atoms with Crippen molar-refractivity contribution >= 4 is 27.2 Å². The van der Waals surface area contributed by atoms with Crippen molar-refractivity contribution < 1.29 is 18.3 Å². The lowest BCUT2D eigenvalue weighted by Gasteiger charge is -2.32. The fourth-order valence-corrected chi connectivity index (χ4v) is 5.55. The summed E-state index contributed by atoms with van der Waals surface area (Å²) in [6, 6.07) is 14.6. The molecule has 3 rings (SSSR count). The van der Waals surface area contributed by atoms with Gasteiger partial charge in [0.15, 0.2) is 5.54 Å². The largest absolute Gasteiger partial charge is 0.479 e. The quantitative estimate of drug-likeness (QED) is 0.552. The molecule has 3 N–H and O–H groups in total. The monoisotopic (exact) mass is 455 g/mol. The van der Waals surface area contributed by atoms with E-state index in [0.29, 0.717) is 36.1 Å². The minimum absolute atomic E-state index is 0.0332. The molecule has 0 bridgehead atoms. The highest BCUT2D eigenvalue weighted by molar-refractivity contribution is 7.91. The Bertz CT molecular complexity index is 1110. The van der Waals surface area contributed by atoms with Crippen LogP contribution in [0.5, 0.6) is 0 Å². The number of rotatable bonds is 8. The highest BCUT2D eigenvalue weighted by Crippen LogP contribution is 2.34. The van der Waals surface area contributed by atoms with Crippen molar-refractivity contribution in [2.24, 2.45) is 0 Å². The molecule has 0 saturated carbocycles. The average molecular weight is 456 g/mol. The third kappa shape index (κ3) is 5.22. The van der Waals surface area contributed by atoms with Crippen LogP contribution >= 0.6 is 0 Å². The SMILES string of the molecule is CCc1cc(NC2CCS(=O)(=O)CC2)cc(C(CC)(Nc2ccc(C#N)cc2)C(=O)O)c1. The van der Waals surface area contributed by atoms with Gasteiger partial charge in [0, 0.05) is 17.4 Å². The van der Waals surface area contributed by atoms with Gasteiger partial charge < -0.3 is 15.7 Å². The van der Waals surface area contributed by atoms with Crippen LogP contribution in [-0.4, -0.2) is 37.0 Å². The lowest BCUT2D eigenvalue weighted by molar-refractivity contribution is -0.142. The number of nitrogens with one attached hydrogen (secondary N) is 2. The maximum absolute atomic E-state index is 12.6. The Hall–Kier alpha value is -3.05. The van der Waals surface area contributed by atoms with Gasteiger partial charge in [-0.25, -0.2) is 13.2 Å². The highest BCUT2D eigenvalue weighted by atomic mass is 32.2. The van der Waals surface area contributed by atoms with Crippen LogP contribution in [0.15, 0.2) is 42.5 Å². The topological polar surface area (TPSA) is 119 Å². The molecular weight excluding hydrogens is 426 g/mol. The molecule has 1 fully saturated rings. The van der Waals surface area contributed by atoms with Gasteiger partial charge in [0.1, 0.15) is 9.84 Å². The van der Waals surface area contributed by atoms with Gasteiger partial charge in [-0.3, -0.25) is 0 Å². The molecule has 2 aromatic rings. The summed E-state index contributed by atoms with van der Waals surface area (Å²) in [4.78, 5) is 12.6. The molecule has 1 atom stereocenters. The number of sulfone groups is 1. The van der Waals surface area contributed by atoms with Crippen molar-refractivity contribution in [3.05, 3.63) is 59.2 Å². The summed E-state index contributed by atoms with van der Waals surface area (Å²) < 4.78 is 23.5. The summed E-state index contributed by atoms with van der Waals surface area (Å²) in [6.45, 7) is 3.83. The van der Waals surface area contributed by atoms with E-state index in [9.17, 15) is 18.3 Å². The zero-order valence-electron chi connectivity index (χ0n) is 18.4. The molecular formula is C24H29N3O4S. The summed E-state index contributed by atoms with van der Waals surface area (Å²) >= 11 is 0. The number of nitriles is 1. The van der Waals surface area contributed by atoms with Gasteiger partial charge in [0.2, 0.25) is 0 Å². The van der Waals surface area contributed by atoms with Crippen molar-refractivity contribution in [3.8, 4) is 6.07 Å². The predicted molar refractivity (Wildman–Crippen MR) is 126 cm³/mol. The van der Waals surface area contributed by atoms with Crippen LogP contribution in [0.25, 0.3) is 0 Å². The van der Waals surface area contributed by atoms with E-state index in [4.69, 9.17) is 5.26 Å². The first-order valence-electron chi connectivity index (χ1n) is 10.8. The van der Waals surface area contributed by atoms with Crippen LogP contribution in [0.1, 0.15) is 49.8 Å². The fraction of sp³-hybridized carbons (Fsp3) is 0.417. The second-order valence-corrected chi connectivity index (χ2v) is 10.5. The standard InChI is InChI=1S/C24H29N3O4S/c1-3-17-13-19(15-22(14-17)26-20-9-11-32(30,31)12-10-20)24(4-2,23(28)29)27-21-7-5-18(16-25)6-8-21/h5-8,13-15,20,26-27H,3-4,9-12H2,1-2H3,(H,28,29). The van der Waals surface area contributed by atoms with Crippen LogP contribution in [-0.2, 0) is 26.6 Å². The van der Waals surface area contributed by atoms with Crippen LogP contribution < -0.4 is 10.6 Å². The molecule has 1 saturated heterocycles. The van der Waals surface area contributed by atoms with Gasteiger partial charge in [-0.1, -0.05) is 19.9 Å². The predicted octanol–water partition coefficient (Wildman–Crippen LogP) is 3.91. The van der Waals surface area contributed by atoms with E-state index in [1.807, 2.05) is 32.0 Å². The van der Waals surface area contributed by atoms with Crippen molar-refractivity contribution in [3.63, 3.8) is 0 Å². The molecule has 1 heterocycles. The number of carboxylic acids is 1. The summed E-state index contributed by atoms with van der Waals surface area (Å²) in [5.74, 6) is -0.661. The second kappa shape index (κ2) is 9.61. The fourth-order valence-electron chi connectivity index (χ4n) is 4.06. The summed E-state index contributed by atoms with van der Waals surface area (Å²) in [5.41, 5.74) is 2.18. The average Bonchev–Trinajstić information content (AvgIpc) is 2.79. The zero-order valence-corrected chi connectivity index (χ0v) is 19.2. The molecule has 2 aromatic carbocycles. The second-order valence-electron chi connectivity index (χ2n) is 8.22. The van der Waals surface area contributed by atoms with Crippen molar-refractivity contribution in [2.75, 3.05) is 22.1 Å². The number of carbonyl (C=O) groups is 1. The Morgan fingerprint density at radius 3 is 2.31 bits per heavy atom. The first kappa shape index (κ1) is 23.6. The van der Waals surface area contributed by atoms with Crippen molar-refractivity contribution in [1.82, 2.24) is 0 Å². The summed E-state index contributed by atoms with van der Waals surface area (Å²) in [5, 5.41) is 25.9. The Morgan fingerprint density at radius 2 is 1.78 bits per heavy atom. The van der Waals surface area contributed by atoms with Gasteiger partial charge in [0.05, 0.1) is 23.1 Å². The van der Waals surface area contributed by atoms with Crippen LogP contribution in [0.2, 0.25) is 0 Å². The van der Waals surface area contributed by atoms with E-state index in [-0.39, 0.29) is 17.5 Å². The number of aliphatic carboxylic acids is 1. The molecule has 8 heteroatoms. The van der Waals surface area contributed by atoms with Crippen LogP contribution in [0.4, 0.5) is 11.4 Å². The molecule has 1 aliphatic heterocycles. The molecule has 0 spiro atoms. The molecule has 0 aromatic heterocycles. The molecule has 1 aliphatic rings. The Morgan fingerprint density at radius 1 is 1.12 bits per heavy atom. The first-order valence-corrected chi connectivity index (χ1v) is 12.7.